The summed E-state index contributed by atoms with van der Waals surface area (Å²) >= 11 is 0. The van der Waals surface area contributed by atoms with Gasteiger partial charge >= 0.3 is 5.97 Å². The minimum absolute atomic E-state index is 0.178. The molecule has 1 N–H and O–H groups in total. The van der Waals surface area contributed by atoms with Crippen molar-refractivity contribution in [3.8, 4) is 0 Å². The van der Waals surface area contributed by atoms with Crippen LogP contribution in [0.2, 0.25) is 0 Å². The van der Waals surface area contributed by atoms with Crippen LogP contribution in [-0.4, -0.2) is 29.1 Å². The number of benzene rings is 1. The number of hydrogen-bond acceptors (Lipinski definition) is 4. The molecule has 1 heterocycles. The number of nitrogens with zero attached hydrogens (tertiary/aromatic N) is 2. The molecular formula is C14H17FN2O4. The molecule has 2 atom stereocenters. The van der Waals surface area contributed by atoms with Gasteiger partial charge in [-0.2, -0.15) is 0 Å². The third-order valence-electron chi connectivity index (χ3n) is 4.17. The number of carboxylic acids is 1. The molecule has 7 heteroatoms. The van der Waals surface area contributed by atoms with E-state index in [4.69, 9.17) is 5.11 Å². The van der Waals surface area contributed by atoms with Crippen LogP contribution in [0.5, 0.6) is 0 Å². The fourth-order valence-electron chi connectivity index (χ4n) is 2.60. The Labute approximate surface area is 121 Å². The van der Waals surface area contributed by atoms with Crippen LogP contribution in [0, 0.1) is 27.8 Å². The van der Waals surface area contributed by atoms with E-state index >= 15 is 0 Å². The minimum atomic E-state index is -1.43. The molecule has 2 rings (SSSR count). The lowest BCUT2D eigenvalue weighted by Crippen LogP contribution is -2.38. The van der Waals surface area contributed by atoms with Crippen molar-refractivity contribution in [1.82, 2.24) is 0 Å². The van der Waals surface area contributed by atoms with Gasteiger partial charge in [-0.05, 0) is 24.3 Å². The van der Waals surface area contributed by atoms with Gasteiger partial charge in [0, 0.05) is 13.1 Å². The third-order valence-corrected chi connectivity index (χ3v) is 4.17. The number of aromatic carboxylic acids is 1. The highest BCUT2D eigenvalue weighted by atomic mass is 19.1. The van der Waals surface area contributed by atoms with Crippen LogP contribution in [0.4, 0.5) is 15.8 Å². The van der Waals surface area contributed by atoms with E-state index in [1.165, 1.54) is 0 Å². The monoisotopic (exact) mass is 296 g/mol. The molecule has 0 aromatic heterocycles. The highest BCUT2D eigenvalue weighted by molar-refractivity contribution is 5.90. The lowest BCUT2D eigenvalue weighted by atomic mass is 9.88. The van der Waals surface area contributed by atoms with Crippen LogP contribution in [-0.2, 0) is 0 Å². The fraction of sp³-hybridized carbons (Fsp3) is 0.500. The number of nitro groups is 1. The first-order chi connectivity index (χ1) is 9.81. The lowest BCUT2D eigenvalue weighted by Gasteiger charge is -2.36. The highest BCUT2D eigenvalue weighted by Crippen LogP contribution is 2.35. The zero-order chi connectivity index (χ0) is 15.7. The summed E-state index contributed by atoms with van der Waals surface area (Å²) in [5.74, 6) is -1.69. The van der Waals surface area contributed by atoms with E-state index < -0.39 is 22.3 Å². The molecule has 0 spiro atoms. The first kappa shape index (κ1) is 15.2. The van der Waals surface area contributed by atoms with Gasteiger partial charge in [-0.25, -0.2) is 9.18 Å². The van der Waals surface area contributed by atoms with Gasteiger partial charge in [-0.3, -0.25) is 10.1 Å². The summed E-state index contributed by atoms with van der Waals surface area (Å²) < 4.78 is 13.6. The molecule has 1 saturated heterocycles. The van der Waals surface area contributed by atoms with Crippen molar-refractivity contribution in [1.29, 1.82) is 0 Å². The van der Waals surface area contributed by atoms with Gasteiger partial charge < -0.3 is 10.0 Å². The molecule has 114 valence electrons. The van der Waals surface area contributed by atoms with E-state index in [1.807, 2.05) is 6.92 Å². The zero-order valence-corrected chi connectivity index (χ0v) is 11.9. The van der Waals surface area contributed by atoms with E-state index in [0.717, 1.165) is 12.5 Å². The summed E-state index contributed by atoms with van der Waals surface area (Å²) in [5.41, 5.74) is -0.751. The molecule has 21 heavy (non-hydrogen) atoms. The molecule has 0 aliphatic carbocycles. The Morgan fingerprint density at radius 3 is 2.62 bits per heavy atom. The van der Waals surface area contributed by atoms with Crippen molar-refractivity contribution in [3.63, 3.8) is 0 Å². The Morgan fingerprint density at radius 1 is 1.43 bits per heavy atom. The van der Waals surface area contributed by atoms with E-state index in [-0.39, 0.29) is 11.4 Å². The van der Waals surface area contributed by atoms with Gasteiger partial charge in [0.1, 0.15) is 11.5 Å². The number of hydrogen-bond donors (Lipinski definition) is 1. The Kier molecular flexibility index (Phi) is 4.11. The largest absolute Gasteiger partial charge is 0.478 e. The second-order valence-corrected chi connectivity index (χ2v) is 5.57. The molecule has 1 aromatic rings. The first-order valence-electron chi connectivity index (χ1n) is 6.77. The summed E-state index contributed by atoms with van der Waals surface area (Å²) in [5, 5.41) is 20.1. The van der Waals surface area contributed by atoms with Crippen molar-refractivity contribution < 1.29 is 19.2 Å². The first-order valence-corrected chi connectivity index (χ1v) is 6.77. The summed E-state index contributed by atoms with van der Waals surface area (Å²) in [6.07, 6.45) is 0.859. The number of halogens is 1. The second kappa shape index (κ2) is 5.67. The maximum absolute atomic E-state index is 13.6. The molecule has 0 radical (unpaired) electrons. The Balaban J connectivity index is 2.47. The summed E-state index contributed by atoms with van der Waals surface area (Å²) in [7, 11) is 0. The van der Waals surface area contributed by atoms with Crippen LogP contribution in [0.25, 0.3) is 0 Å². The van der Waals surface area contributed by atoms with Crippen LogP contribution in [0.1, 0.15) is 30.6 Å². The molecule has 1 aliphatic rings. The van der Waals surface area contributed by atoms with Gasteiger partial charge in [0.25, 0.3) is 5.69 Å². The zero-order valence-electron chi connectivity index (χ0n) is 11.9. The van der Waals surface area contributed by atoms with Crippen LogP contribution in [0.3, 0.4) is 0 Å². The molecule has 0 bridgehead atoms. The summed E-state index contributed by atoms with van der Waals surface area (Å²) in [6, 6.07) is 1.76. The number of piperidine rings is 1. The summed E-state index contributed by atoms with van der Waals surface area (Å²) in [4.78, 5) is 23.2. The molecule has 0 saturated carbocycles. The number of nitro benzene ring substituents is 1. The van der Waals surface area contributed by atoms with Crippen LogP contribution < -0.4 is 4.90 Å². The predicted molar refractivity (Wildman–Crippen MR) is 75.2 cm³/mol. The number of carbonyl (C=O) groups is 1. The van der Waals surface area contributed by atoms with E-state index in [1.54, 1.807) is 4.90 Å². The Bertz CT molecular complexity index is 591. The third kappa shape index (κ3) is 2.96. The molecular weight excluding hydrogens is 279 g/mol. The smallest absolute Gasteiger partial charge is 0.338 e. The van der Waals surface area contributed by atoms with Crippen molar-refractivity contribution in [2.24, 2.45) is 11.8 Å². The molecule has 0 amide bonds. The van der Waals surface area contributed by atoms with E-state index in [0.29, 0.717) is 31.0 Å². The molecule has 2 unspecified atom stereocenters. The van der Waals surface area contributed by atoms with Gasteiger partial charge in [0.05, 0.1) is 16.6 Å². The average molecular weight is 296 g/mol. The van der Waals surface area contributed by atoms with Crippen LogP contribution in [0.15, 0.2) is 12.1 Å². The quantitative estimate of drug-likeness (QED) is 0.685. The standard InChI is InChI=1S/C14H17FN2O4/c1-8-3-4-16(7-9(8)2)12-5-10(14(18)19)11(15)6-13(12)17(20)21/h5-6,8-9H,3-4,7H2,1-2H3,(H,18,19). The molecule has 1 aliphatic heterocycles. The van der Waals surface area contributed by atoms with Gasteiger partial charge in [0.2, 0.25) is 0 Å². The maximum atomic E-state index is 13.6. The SMILES string of the molecule is CC1CCN(c2cc(C(=O)O)c(F)cc2[N+](=O)[O-])CC1C. The molecule has 6 nitrogen and oxygen atoms in total. The molecule has 1 fully saturated rings. The Hall–Kier alpha value is -2.18. The van der Waals surface area contributed by atoms with Crippen molar-refractivity contribution >= 4 is 17.3 Å². The van der Waals surface area contributed by atoms with Crippen molar-refractivity contribution in [3.05, 3.63) is 33.6 Å². The van der Waals surface area contributed by atoms with Gasteiger partial charge in [0.15, 0.2) is 0 Å². The van der Waals surface area contributed by atoms with Crippen molar-refractivity contribution in [2.45, 2.75) is 20.3 Å². The fourth-order valence-corrected chi connectivity index (χ4v) is 2.60. The molecule has 1 aromatic carbocycles. The van der Waals surface area contributed by atoms with Gasteiger partial charge in [-0.1, -0.05) is 13.8 Å². The number of rotatable bonds is 3. The topological polar surface area (TPSA) is 83.7 Å². The van der Waals surface area contributed by atoms with E-state index in [2.05, 4.69) is 6.92 Å². The van der Waals surface area contributed by atoms with Crippen molar-refractivity contribution in [2.75, 3.05) is 18.0 Å². The normalized spacial score (nSPS) is 22.1. The summed E-state index contributed by atoms with van der Waals surface area (Å²) in [6.45, 7) is 5.35. The lowest BCUT2D eigenvalue weighted by molar-refractivity contribution is -0.384. The predicted octanol–water partition coefficient (Wildman–Crippen LogP) is 2.91. The van der Waals surface area contributed by atoms with Gasteiger partial charge in [-0.15, -0.1) is 0 Å². The number of carboxylic acid groups (broad SMARTS) is 1. The minimum Gasteiger partial charge on any atom is -0.478 e. The maximum Gasteiger partial charge on any atom is 0.338 e. The number of anilines is 1. The van der Waals surface area contributed by atoms with Crippen LogP contribution >= 0.6 is 0 Å². The Morgan fingerprint density at radius 2 is 2.10 bits per heavy atom. The van der Waals surface area contributed by atoms with E-state index in [9.17, 15) is 19.3 Å². The highest BCUT2D eigenvalue weighted by Gasteiger charge is 2.29. The average Bonchev–Trinajstić information content (AvgIpc) is 2.41. The second-order valence-electron chi connectivity index (χ2n) is 5.57.